The number of aromatic nitrogens is 1. The number of hydrogen-bond acceptors (Lipinski definition) is 4. The topological polar surface area (TPSA) is 76.1 Å². The van der Waals surface area contributed by atoms with Crippen molar-refractivity contribution in [3.8, 4) is 11.3 Å². The van der Waals surface area contributed by atoms with Crippen molar-refractivity contribution in [3.05, 3.63) is 76.9 Å². The number of hydrogen-bond donors (Lipinski definition) is 1. The van der Waals surface area contributed by atoms with Crippen molar-refractivity contribution in [2.45, 2.75) is 24.4 Å². The van der Waals surface area contributed by atoms with E-state index in [1.165, 1.54) is 43.3 Å². The molecule has 2 aromatic carbocycles. The second-order valence-corrected chi connectivity index (χ2v) is 9.56. The predicted molar refractivity (Wildman–Crippen MR) is 116 cm³/mol. The number of carbonyl (C=O) groups excluding carboxylic acids is 1. The monoisotopic (exact) mass is 482 g/mol. The van der Waals surface area contributed by atoms with Gasteiger partial charge in [-0.3, -0.25) is 9.78 Å². The molecule has 1 N–H and O–H groups in total. The van der Waals surface area contributed by atoms with E-state index in [-0.39, 0.29) is 39.0 Å². The molecule has 3 rings (SSSR count). The molecule has 1 aromatic heterocycles. The Balaban J connectivity index is 1.82. The zero-order valence-corrected chi connectivity index (χ0v) is 18.4. The summed E-state index contributed by atoms with van der Waals surface area (Å²) in [5.74, 6) is -0.623. The van der Waals surface area contributed by atoms with Crippen molar-refractivity contribution in [3.63, 3.8) is 0 Å². The van der Waals surface area contributed by atoms with Gasteiger partial charge in [-0.25, -0.2) is 8.42 Å². The quantitative estimate of drug-likeness (QED) is 0.510. The third-order valence-electron chi connectivity index (χ3n) is 4.63. The zero-order chi connectivity index (χ0) is 23.5. The number of pyridine rings is 1. The maximum atomic E-state index is 13.6. The summed E-state index contributed by atoms with van der Waals surface area (Å²) in [5, 5.41) is 2.52. The van der Waals surface area contributed by atoms with Gasteiger partial charge >= 0.3 is 6.18 Å². The van der Waals surface area contributed by atoms with Crippen LogP contribution in [-0.2, 0) is 27.2 Å². The highest BCUT2D eigenvalue weighted by Gasteiger charge is 2.35. The molecule has 168 valence electrons. The zero-order valence-electron chi connectivity index (χ0n) is 16.8. The second kappa shape index (κ2) is 9.30. The second-order valence-electron chi connectivity index (χ2n) is 6.87. The Morgan fingerprint density at radius 1 is 1.09 bits per heavy atom. The Bertz CT molecular complexity index is 1240. The maximum Gasteiger partial charge on any atom is 0.418 e. The molecule has 0 aliphatic rings. The maximum absolute atomic E-state index is 13.6. The molecule has 0 bridgehead atoms. The first-order valence-electron chi connectivity index (χ1n) is 9.45. The lowest BCUT2D eigenvalue weighted by Crippen LogP contribution is -2.16. The molecule has 0 saturated carbocycles. The van der Waals surface area contributed by atoms with Gasteiger partial charge in [0.2, 0.25) is 5.91 Å². The number of alkyl halides is 3. The molecule has 10 heteroatoms. The predicted octanol–water partition coefficient (Wildman–Crippen LogP) is 5.40. The molecule has 0 radical (unpaired) electrons. The highest BCUT2D eigenvalue weighted by atomic mass is 35.5. The first kappa shape index (κ1) is 23.7. The van der Waals surface area contributed by atoms with Crippen molar-refractivity contribution in [1.82, 2.24) is 4.98 Å². The van der Waals surface area contributed by atoms with Gasteiger partial charge in [0.25, 0.3) is 0 Å². The number of sulfone groups is 1. The summed E-state index contributed by atoms with van der Waals surface area (Å²) < 4.78 is 64.7. The molecule has 0 unspecified atom stereocenters. The van der Waals surface area contributed by atoms with Gasteiger partial charge in [0.1, 0.15) is 0 Å². The van der Waals surface area contributed by atoms with E-state index in [1.54, 1.807) is 12.1 Å². The van der Waals surface area contributed by atoms with Gasteiger partial charge in [0.05, 0.1) is 40.2 Å². The van der Waals surface area contributed by atoms with E-state index in [0.29, 0.717) is 5.56 Å². The average Bonchev–Trinajstić information content (AvgIpc) is 2.74. The minimum atomic E-state index is -4.72. The average molecular weight is 483 g/mol. The van der Waals surface area contributed by atoms with Gasteiger partial charge < -0.3 is 5.32 Å². The fourth-order valence-electron chi connectivity index (χ4n) is 2.99. The minimum absolute atomic E-state index is 0.0500. The number of amides is 1. The van der Waals surface area contributed by atoms with Gasteiger partial charge in [-0.15, -0.1) is 0 Å². The summed E-state index contributed by atoms with van der Waals surface area (Å²) in [6, 6.07) is 12.6. The SMILES string of the molecule is CCS(=O)(=O)c1ccc(CC(=O)Nc2cnc(-c3ccccc3Cl)c(C(F)(F)F)c2)cc1. The molecule has 0 atom stereocenters. The summed E-state index contributed by atoms with van der Waals surface area (Å²) in [7, 11) is -3.37. The van der Waals surface area contributed by atoms with E-state index in [9.17, 15) is 26.4 Å². The number of halogens is 4. The number of anilines is 1. The molecule has 0 spiro atoms. The smallest absolute Gasteiger partial charge is 0.324 e. The van der Waals surface area contributed by atoms with E-state index < -0.39 is 27.5 Å². The van der Waals surface area contributed by atoms with Crippen LogP contribution in [0.2, 0.25) is 5.02 Å². The van der Waals surface area contributed by atoms with Crippen molar-refractivity contribution in [2.24, 2.45) is 0 Å². The van der Waals surface area contributed by atoms with Crippen LogP contribution in [0.1, 0.15) is 18.1 Å². The van der Waals surface area contributed by atoms with Crippen LogP contribution in [0.4, 0.5) is 18.9 Å². The van der Waals surface area contributed by atoms with Gasteiger partial charge in [-0.1, -0.05) is 48.9 Å². The first-order chi connectivity index (χ1) is 15.0. The lowest BCUT2D eigenvalue weighted by atomic mass is 10.0. The van der Waals surface area contributed by atoms with Gasteiger partial charge in [0, 0.05) is 10.6 Å². The van der Waals surface area contributed by atoms with Crippen LogP contribution in [-0.4, -0.2) is 25.1 Å². The first-order valence-corrected chi connectivity index (χ1v) is 11.5. The summed E-state index contributed by atoms with van der Waals surface area (Å²) in [5.41, 5.74) is -0.856. The highest BCUT2D eigenvalue weighted by molar-refractivity contribution is 7.91. The van der Waals surface area contributed by atoms with Gasteiger partial charge in [0.15, 0.2) is 9.84 Å². The third-order valence-corrected chi connectivity index (χ3v) is 6.71. The summed E-state index contributed by atoms with van der Waals surface area (Å²) in [4.78, 5) is 16.4. The molecule has 0 saturated heterocycles. The molecule has 1 amide bonds. The van der Waals surface area contributed by atoms with Crippen molar-refractivity contribution in [1.29, 1.82) is 0 Å². The Morgan fingerprint density at radius 2 is 1.75 bits per heavy atom. The van der Waals surface area contributed by atoms with E-state index >= 15 is 0 Å². The van der Waals surface area contributed by atoms with Gasteiger partial charge in [-0.05, 0) is 29.8 Å². The summed E-state index contributed by atoms with van der Waals surface area (Å²) in [6.07, 6.45) is -3.74. The molecule has 3 aromatic rings. The number of rotatable bonds is 6. The van der Waals surface area contributed by atoms with Gasteiger partial charge in [-0.2, -0.15) is 13.2 Å². The van der Waals surface area contributed by atoms with E-state index in [1.807, 2.05) is 0 Å². The lowest BCUT2D eigenvalue weighted by Gasteiger charge is -2.15. The fraction of sp³-hybridized carbons (Fsp3) is 0.182. The van der Waals surface area contributed by atoms with E-state index in [0.717, 1.165) is 12.3 Å². The number of carbonyl (C=O) groups is 1. The van der Waals surface area contributed by atoms with Crippen LogP contribution in [0, 0.1) is 0 Å². The number of nitrogens with one attached hydrogen (secondary N) is 1. The normalized spacial score (nSPS) is 11.9. The van der Waals surface area contributed by atoms with Crippen molar-refractivity contribution in [2.75, 3.05) is 11.1 Å². The van der Waals surface area contributed by atoms with Crippen LogP contribution in [0.5, 0.6) is 0 Å². The molecule has 32 heavy (non-hydrogen) atoms. The van der Waals surface area contributed by atoms with Crippen LogP contribution in [0.25, 0.3) is 11.3 Å². The lowest BCUT2D eigenvalue weighted by molar-refractivity contribution is -0.137. The minimum Gasteiger partial charge on any atom is -0.324 e. The van der Waals surface area contributed by atoms with Crippen molar-refractivity contribution >= 4 is 33.0 Å². The molecule has 1 heterocycles. The molecule has 0 fully saturated rings. The molecular formula is C22H18ClF3N2O3S. The molecule has 5 nitrogen and oxygen atoms in total. The Kier molecular flexibility index (Phi) is 6.90. The van der Waals surface area contributed by atoms with Crippen LogP contribution < -0.4 is 5.32 Å². The van der Waals surface area contributed by atoms with Crippen molar-refractivity contribution < 1.29 is 26.4 Å². The number of nitrogens with zero attached hydrogens (tertiary/aromatic N) is 1. The summed E-state index contributed by atoms with van der Waals surface area (Å²) >= 11 is 6.03. The Morgan fingerprint density at radius 3 is 2.34 bits per heavy atom. The molecular weight excluding hydrogens is 465 g/mol. The largest absolute Gasteiger partial charge is 0.418 e. The van der Waals surface area contributed by atoms with E-state index in [2.05, 4.69) is 10.3 Å². The molecule has 0 aliphatic heterocycles. The van der Waals surface area contributed by atoms with Crippen LogP contribution >= 0.6 is 11.6 Å². The Labute approximate surface area is 188 Å². The number of benzene rings is 2. The van der Waals surface area contributed by atoms with Crippen LogP contribution in [0.3, 0.4) is 0 Å². The van der Waals surface area contributed by atoms with Crippen LogP contribution in [0.15, 0.2) is 65.7 Å². The van der Waals surface area contributed by atoms with E-state index in [4.69, 9.17) is 11.6 Å². The third kappa shape index (κ3) is 5.46. The Hall–Kier alpha value is -2.91. The standard InChI is InChI=1S/C22H18ClF3N2O3S/c1-2-32(30,31)16-9-7-14(8-10-16)11-20(29)28-15-12-18(22(24,25)26)21(27-13-15)17-5-3-4-6-19(17)23/h3-10,12-13H,2,11H2,1H3,(H,28,29). The highest BCUT2D eigenvalue weighted by Crippen LogP contribution is 2.39. The fourth-order valence-corrected chi connectivity index (χ4v) is 4.10. The summed E-state index contributed by atoms with van der Waals surface area (Å²) in [6.45, 7) is 1.52. The molecule has 0 aliphatic carbocycles.